The molecular formula is C19H21NO4. The Kier molecular flexibility index (Phi) is 2.90. The highest BCUT2D eigenvalue weighted by Gasteiger charge is 2.60. The van der Waals surface area contributed by atoms with Gasteiger partial charge in [-0.05, 0) is 36.8 Å². The van der Waals surface area contributed by atoms with E-state index in [4.69, 9.17) is 14.5 Å². The van der Waals surface area contributed by atoms with E-state index in [1.165, 1.54) is 12.8 Å². The predicted octanol–water partition coefficient (Wildman–Crippen LogP) is 2.04. The molecule has 1 N–H and O–H groups in total. The first-order chi connectivity index (χ1) is 11.6. The smallest absolute Gasteiger partial charge is 0.174 e. The van der Waals surface area contributed by atoms with E-state index in [0.717, 1.165) is 23.4 Å². The highest BCUT2D eigenvalue weighted by atomic mass is 16.5. The Morgan fingerprint density at radius 3 is 3.00 bits per heavy atom. The number of aliphatic imine (C=N–C) groups is 1. The second-order valence-corrected chi connectivity index (χ2v) is 7.48. The maximum absolute atomic E-state index is 12.4. The van der Waals surface area contributed by atoms with Crippen LogP contribution in [0.2, 0.25) is 0 Å². The zero-order valence-corrected chi connectivity index (χ0v) is 13.7. The van der Waals surface area contributed by atoms with Crippen molar-refractivity contribution in [1.82, 2.24) is 0 Å². The zero-order valence-electron chi connectivity index (χ0n) is 13.7. The molecule has 3 atom stereocenters. The average Bonchev–Trinajstić information content (AvgIpc) is 3.31. The minimum atomic E-state index is -1.06. The van der Waals surface area contributed by atoms with Gasteiger partial charge in [-0.15, -0.1) is 0 Å². The number of ether oxygens (including phenoxy) is 2. The molecule has 0 bridgehead atoms. The third-order valence-electron chi connectivity index (χ3n) is 6.01. The van der Waals surface area contributed by atoms with Gasteiger partial charge in [0.05, 0.1) is 13.0 Å². The summed E-state index contributed by atoms with van der Waals surface area (Å²) in [6.45, 7) is 0.794. The summed E-state index contributed by atoms with van der Waals surface area (Å²) < 4.78 is 11.4. The van der Waals surface area contributed by atoms with Gasteiger partial charge in [0, 0.05) is 30.7 Å². The van der Waals surface area contributed by atoms with Gasteiger partial charge in [0.1, 0.15) is 5.60 Å². The normalized spacial score (nSPS) is 34.9. The number of benzene rings is 1. The van der Waals surface area contributed by atoms with Crippen LogP contribution in [0, 0.1) is 5.92 Å². The molecule has 4 aliphatic rings. The fourth-order valence-corrected chi connectivity index (χ4v) is 4.49. The Labute approximate surface area is 140 Å². The molecular weight excluding hydrogens is 306 g/mol. The van der Waals surface area contributed by atoms with Crippen LogP contribution in [-0.2, 0) is 11.2 Å². The maximum Gasteiger partial charge on any atom is 0.174 e. The summed E-state index contributed by atoms with van der Waals surface area (Å²) in [5, 5.41) is 11.5. The molecule has 0 aromatic heterocycles. The van der Waals surface area contributed by atoms with Gasteiger partial charge in [-0.2, -0.15) is 0 Å². The molecule has 1 heterocycles. The molecule has 1 aromatic rings. The fraction of sp³-hybridized carbons (Fsp3) is 0.579. The van der Waals surface area contributed by atoms with Crippen LogP contribution in [0.3, 0.4) is 0 Å². The largest absolute Gasteiger partial charge is 0.493 e. The number of ketones is 1. The quantitative estimate of drug-likeness (QED) is 0.922. The van der Waals surface area contributed by atoms with E-state index in [-0.39, 0.29) is 11.7 Å². The van der Waals surface area contributed by atoms with E-state index in [0.29, 0.717) is 36.7 Å². The summed E-state index contributed by atoms with van der Waals surface area (Å²) in [6.07, 6.45) is 3.28. The molecule has 0 saturated heterocycles. The van der Waals surface area contributed by atoms with E-state index in [9.17, 15) is 9.90 Å². The lowest BCUT2D eigenvalue weighted by atomic mass is 9.63. The lowest BCUT2D eigenvalue weighted by Gasteiger charge is -2.44. The second kappa shape index (κ2) is 4.82. The van der Waals surface area contributed by atoms with Gasteiger partial charge in [-0.25, -0.2) is 0 Å². The van der Waals surface area contributed by atoms with Crippen molar-refractivity contribution in [3.8, 4) is 11.5 Å². The Balaban J connectivity index is 1.67. The summed E-state index contributed by atoms with van der Waals surface area (Å²) in [5.41, 5.74) is 1.84. The molecule has 1 aromatic carbocycles. The van der Waals surface area contributed by atoms with Gasteiger partial charge >= 0.3 is 0 Å². The number of hydrogen-bond donors (Lipinski definition) is 1. The number of carbonyl (C=O) groups is 1. The average molecular weight is 327 g/mol. The summed E-state index contributed by atoms with van der Waals surface area (Å²) in [4.78, 5) is 17.2. The molecule has 3 aliphatic carbocycles. The van der Waals surface area contributed by atoms with E-state index < -0.39 is 11.7 Å². The second-order valence-electron chi connectivity index (χ2n) is 7.48. The molecule has 1 aliphatic heterocycles. The van der Waals surface area contributed by atoms with Crippen LogP contribution >= 0.6 is 0 Å². The molecule has 5 nitrogen and oxygen atoms in total. The van der Waals surface area contributed by atoms with Crippen LogP contribution in [-0.4, -0.2) is 42.0 Å². The summed E-state index contributed by atoms with van der Waals surface area (Å²) >= 11 is 0. The van der Waals surface area contributed by atoms with Gasteiger partial charge in [0.2, 0.25) is 0 Å². The van der Waals surface area contributed by atoms with Crippen molar-refractivity contribution in [2.45, 2.75) is 49.7 Å². The van der Waals surface area contributed by atoms with E-state index in [2.05, 4.69) is 0 Å². The zero-order chi connectivity index (χ0) is 16.5. The van der Waals surface area contributed by atoms with Crippen LogP contribution in [0.15, 0.2) is 17.1 Å². The Morgan fingerprint density at radius 2 is 2.25 bits per heavy atom. The monoisotopic (exact) mass is 327 g/mol. The van der Waals surface area contributed by atoms with Gasteiger partial charge in [0.15, 0.2) is 23.4 Å². The number of methoxy groups -OCH3 is 1. The van der Waals surface area contributed by atoms with Crippen molar-refractivity contribution < 1.29 is 19.4 Å². The van der Waals surface area contributed by atoms with Gasteiger partial charge in [-0.1, -0.05) is 6.07 Å². The first-order valence-electron chi connectivity index (χ1n) is 8.77. The highest BCUT2D eigenvalue weighted by Crippen LogP contribution is 2.56. The Morgan fingerprint density at radius 1 is 1.42 bits per heavy atom. The Hall–Kier alpha value is -1.88. The molecule has 126 valence electrons. The fourth-order valence-electron chi connectivity index (χ4n) is 4.49. The van der Waals surface area contributed by atoms with E-state index >= 15 is 0 Å². The van der Waals surface area contributed by atoms with E-state index in [1.807, 2.05) is 12.1 Å². The molecule has 2 fully saturated rings. The van der Waals surface area contributed by atoms with Crippen molar-refractivity contribution in [3.63, 3.8) is 0 Å². The van der Waals surface area contributed by atoms with Crippen molar-refractivity contribution in [2.75, 3.05) is 13.7 Å². The molecule has 2 saturated carbocycles. The predicted molar refractivity (Wildman–Crippen MR) is 88.1 cm³/mol. The van der Waals surface area contributed by atoms with Crippen LogP contribution in [0.5, 0.6) is 11.5 Å². The van der Waals surface area contributed by atoms with Crippen LogP contribution in [0.4, 0.5) is 0 Å². The number of nitrogens with zero attached hydrogens (tertiary/aromatic N) is 1. The lowest BCUT2D eigenvalue weighted by Crippen LogP contribution is -2.56. The number of hydrogen-bond acceptors (Lipinski definition) is 5. The number of Topliss-reactive ketones (excluding diaryl/α,β-unsaturated/α-hetero) is 1. The SMILES string of the molecule is COc1ccc2c3c1OC1C(=O)CC[C@@](O)(/C(=N/CC4CC4)C2)C31. The van der Waals surface area contributed by atoms with Crippen LogP contribution in [0.25, 0.3) is 0 Å². The summed E-state index contributed by atoms with van der Waals surface area (Å²) in [5.74, 6) is 1.68. The van der Waals surface area contributed by atoms with Crippen LogP contribution in [0.1, 0.15) is 42.7 Å². The topological polar surface area (TPSA) is 68.1 Å². The summed E-state index contributed by atoms with van der Waals surface area (Å²) in [6, 6.07) is 3.91. The summed E-state index contributed by atoms with van der Waals surface area (Å²) in [7, 11) is 1.60. The first kappa shape index (κ1) is 14.5. The lowest BCUT2D eigenvalue weighted by molar-refractivity contribution is -0.133. The molecule has 5 rings (SSSR count). The van der Waals surface area contributed by atoms with Crippen molar-refractivity contribution in [1.29, 1.82) is 0 Å². The van der Waals surface area contributed by atoms with Gasteiger partial charge in [-0.3, -0.25) is 9.79 Å². The molecule has 0 amide bonds. The first-order valence-corrected chi connectivity index (χ1v) is 8.77. The number of carbonyl (C=O) groups excluding carboxylic acids is 1. The minimum Gasteiger partial charge on any atom is -0.493 e. The van der Waals surface area contributed by atoms with Gasteiger partial charge in [0.25, 0.3) is 0 Å². The molecule has 24 heavy (non-hydrogen) atoms. The minimum absolute atomic E-state index is 0.0670. The molecule has 2 unspecified atom stereocenters. The molecule has 0 spiro atoms. The van der Waals surface area contributed by atoms with Crippen molar-refractivity contribution >= 4 is 11.5 Å². The standard InChI is InChI=1S/C19H21NO4/c1-23-13-5-4-11-8-14(20-9-10-2-3-10)19(22)7-6-12(21)17-16(19)15(11)18(13)24-17/h4-5,10,16-17,22H,2-3,6-9H2,1H3/b20-14+/t16?,17?,19-/m1/s1. The number of rotatable bonds is 3. The third kappa shape index (κ3) is 1.85. The molecule has 0 radical (unpaired) electrons. The van der Waals surface area contributed by atoms with Gasteiger partial charge < -0.3 is 14.6 Å². The van der Waals surface area contributed by atoms with E-state index in [1.54, 1.807) is 7.11 Å². The Bertz CT molecular complexity index is 767. The third-order valence-corrected chi connectivity index (χ3v) is 6.01. The van der Waals surface area contributed by atoms with Crippen molar-refractivity contribution in [2.24, 2.45) is 10.9 Å². The van der Waals surface area contributed by atoms with Crippen LogP contribution < -0.4 is 9.47 Å². The maximum atomic E-state index is 12.4. The van der Waals surface area contributed by atoms with Crippen molar-refractivity contribution in [3.05, 3.63) is 23.3 Å². The number of aliphatic hydroxyl groups is 1. The highest BCUT2D eigenvalue weighted by molar-refractivity contribution is 6.02. The molecule has 5 heteroatoms.